The Morgan fingerprint density at radius 3 is 2.45 bits per heavy atom. The van der Waals surface area contributed by atoms with Crippen molar-refractivity contribution in [3.05, 3.63) is 89.2 Å². The molecule has 210 valence electrons. The molecule has 0 aliphatic rings. The molecule has 4 rings (SSSR count). The molecule has 1 amide bonds. The third kappa shape index (κ3) is 7.09. The fourth-order valence-electron chi connectivity index (χ4n) is 4.20. The standard InChI is InChI=1S/C29H32BrN5O4S/c1-39-26-16-13-23(33-29(36)25-20-32-28(34-25)21-9-5-4-6-10-21)19-27(26)40(37,38)35(18-8-3-2-7-17-31)24-14-11-22(30)12-15-24/h4-6,9-16,19-20H,2-3,7-8,17-18,31H2,1H3,(H,32,34)(H,33,36). The van der Waals surface area contributed by atoms with Gasteiger partial charge in [-0.05, 0) is 61.9 Å². The number of aromatic nitrogens is 2. The lowest BCUT2D eigenvalue weighted by Crippen LogP contribution is -2.32. The minimum atomic E-state index is -4.06. The smallest absolute Gasteiger partial charge is 0.273 e. The molecule has 0 fully saturated rings. The monoisotopic (exact) mass is 625 g/mol. The van der Waals surface area contributed by atoms with Crippen molar-refractivity contribution >= 4 is 43.2 Å². The van der Waals surface area contributed by atoms with Crippen LogP contribution in [0.2, 0.25) is 0 Å². The minimum absolute atomic E-state index is 0.0488. The van der Waals surface area contributed by atoms with E-state index in [1.54, 1.807) is 30.3 Å². The van der Waals surface area contributed by atoms with E-state index >= 15 is 0 Å². The molecule has 0 aliphatic heterocycles. The van der Waals surface area contributed by atoms with Gasteiger partial charge in [-0.1, -0.05) is 59.1 Å². The van der Waals surface area contributed by atoms with Crippen molar-refractivity contribution in [1.82, 2.24) is 9.97 Å². The van der Waals surface area contributed by atoms with Crippen LogP contribution in [0.1, 0.15) is 36.2 Å². The number of hydrogen-bond donors (Lipinski definition) is 3. The molecule has 0 radical (unpaired) electrons. The van der Waals surface area contributed by atoms with Crippen molar-refractivity contribution in [1.29, 1.82) is 0 Å². The summed E-state index contributed by atoms with van der Waals surface area (Å²) in [4.78, 5) is 20.3. The average molecular weight is 627 g/mol. The van der Waals surface area contributed by atoms with Crippen LogP contribution in [0.3, 0.4) is 0 Å². The van der Waals surface area contributed by atoms with Gasteiger partial charge in [-0.2, -0.15) is 0 Å². The van der Waals surface area contributed by atoms with Crippen LogP contribution in [0.5, 0.6) is 5.75 Å². The highest BCUT2D eigenvalue weighted by Gasteiger charge is 2.29. The normalized spacial score (nSPS) is 11.3. The Morgan fingerprint density at radius 1 is 1.02 bits per heavy atom. The maximum Gasteiger partial charge on any atom is 0.273 e. The second-order valence-electron chi connectivity index (χ2n) is 9.09. The summed E-state index contributed by atoms with van der Waals surface area (Å²) in [7, 11) is -2.64. The van der Waals surface area contributed by atoms with E-state index in [0.29, 0.717) is 30.2 Å². The Kier molecular flexibility index (Phi) is 9.97. The number of unbranched alkanes of at least 4 members (excludes halogenated alkanes) is 3. The third-order valence-electron chi connectivity index (χ3n) is 6.29. The van der Waals surface area contributed by atoms with Crippen LogP contribution in [0, 0.1) is 0 Å². The lowest BCUT2D eigenvalue weighted by atomic mass is 10.2. The van der Waals surface area contributed by atoms with Gasteiger partial charge < -0.3 is 20.8 Å². The summed E-state index contributed by atoms with van der Waals surface area (Å²) < 4.78 is 35.8. The van der Waals surface area contributed by atoms with E-state index in [1.807, 2.05) is 30.3 Å². The number of ether oxygens (including phenoxy) is 1. The maximum absolute atomic E-state index is 14.1. The Morgan fingerprint density at radius 2 is 1.75 bits per heavy atom. The summed E-state index contributed by atoms with van der Waals surface area (Å²) in [5.74, 6) is 0.282. The van der Waals surface area contributed by atoms with Gasteiger partial charge in [0.1, 0.15) is 22.2 Å². The van der Waals surface area contributed by atoms with E-state index in [-0.39, 0.29) is 22.9 Å². The number of nitrogens with zero attached hydrogens (tertiary/aromatic N) is 2. The second-order valence-corrected chi connectivity index (χ2v) is 11.8. The quantitative estimate of drug-likeness (QED) is 0.161. The largest absolute Gasteiger partial charge is 0.495 e. The molecule has 0 atom stereocenters. The number of carbonyl (C=O) groups excluding carboxylic acids is 1. The van der Waals surface area contributed by atoms with Gasteiger partial charge in [0, 0.05) is 22.3 Å². The van der Waals surface area contributed by atoms with E-state index in [9.17, 15) is 13.2 Å². The number of methoxy groups -OCH3 is 1. The van der Waals surface area contributed by atoms with Crippen molar-refractivity contribution < 1.29 is 17.9 Å². The molecule has 4 aromatic rings. The van der Waals surface area contributed by atoms with Crippen LogP contribution in [0.4, 0.5) is 11.4 Å². The highest BCUT2D eigenvalue weighted by atomic mass is 79.9. The van der Waals surface area contributed by atoms with Gasteiger partial charge in [0.15, 0.2) is 0 Å². The van der Waals surface area contributed by atoms with Gasteiger partial charge in [-0.15, -0.1) is 0 Å². The van der Waals surface area contributed by atoms with Gasteiger partial charge in [-0.25, -0.2) is 13.4 Å². The molecule has 3 aromatic carbocycles. The number of aromatic amines is 1. The number of amides is 1. The predicted molar refractivity (Wildman–Crippen MR) is 161 cm³/mol. The van der Waals surface area contributed by atoms with E-state index in [1.165, 1.54) is 29.7 Å². The van der Waals surface area contributed by atoms with Crippen LogP contribution >= 0.6 is 15.9 Å². The van der Waals surface area contributed by atoms with E-state index in [0.717, 1.165) is 29.3 Å². The summed E-state index contributed by atoms with van der Waals surface area (Å²) in [6.07, 6.45) is 4.78. The van der Waals surface area contributed by atoms with Gasteiger partial charge in [0.2, 0.25) is 0 Å². The minimum Gasteiger partial charge on any atom is -0.495 e. The molecule has 11 heteroatoms. The molecule has 0 saturated heterocycles. The van der Waals surface area contributed by atoms with E-state index in [2.05, 4.69) is 31.2 Å². The fraction of sp³-hybridized carbons (Fsp3) is 0.241. The number of H-pyrrole nitrogens is 1. The lowest BCUT2D eigenvalue weighted by Gasteiger charge is -2.26. The number of carbonyl (C=O) groups is 1. The third-order valence-corrected chi connectivity index (χ3v) is 8.66. The van der Waals surface area contributed by atoms with Crippen molar-refractivity contribution in [2.75, 3.05) is 29.8 Å². The van der Waals surface area contributed by atoms with Crippen molar-refractivity contribution in [2.45, 2.75) is 30.6 Å². The first kappa shape index (κ1) is 29.3. The molecular formula is C29H32BrN5O4S. The molecule has 0 unspecified atom stereocenters. The summed E-state index contributed by atoms with van der Waals surface area (Å²) >= 11 is 3.41. The molecule has 1 aromatic heterocycles. The van der Waals surface area contributed by atoms with Gasteiger partial charge in [0.25, 0.3) is 15.9 Å². The van der Waals surface area contributed by atoms with Crippen molar-refractivity contribution in [3.63, 3.8) is 0 Å². The second kappa shape index (κ2) is 13.6. The zero-order chi connectivity index (χ0) is 28.5. The molecular weight excluding hydrogens is 594 g/mol. The number of nitrogens with two attached hydrogens (primary N) is 1. The highest BCUT2D eigenvalue weighted by Crippen LogP contribution is 2.33. The molecule has 0 spiro atoms. The topological polar surface area (TPSA) is 130 Å². The zero-order valence-electron chi connectivity index (χ0n) is 22.1. The Labute approximate surface area is 243 Å². The number of imidazole rings is 1. The summed E-state index contributed by atoms with van der Waals surface area (Å²) in [6.45, 7) is 0.890. The number of hydrogen-bond acceptors (Lipinski definition) is 6. The van der Waals surface area contributed by atoms with Gasteiger partial charge >= 0.3 is 0 Å². The number of anilines is 2. The number of benzene rings is 3. The molecule has 0 aliphatic carbocycles. The Balaban J connectivity index is 1.61. The van der Waals surface area contributed by atoms with Crippen molar-refractivity contribution in [2.24, 2.45) is 5.73 Å². The first-order valence-corrected chi connectivity index (χ1v) is 15.1. The summed E-state index contributed by atoms with van der Waals surface area (Å²) in [5, 5.41) is 2.77. The maximum atomic E-state index is 14.1. The molecule has 40 heavy (non-hydrogen) atoms. The summed E-state index contributed by atoms with van der Waals surface area (Å²) in [6, 6.07) is 21.1. The van der Waals surface area contributed by atoms with E-state index < -0.39 is 15.9 Å². The van der Waals surface area contributed by atoms with Crippen LogP contribution in [0.25, 0.3) is 11.4 Å². The highest BCUT2D eigenvalue weighted by molar-refractivity contribution is 9.10. The van der Waals surface area contributed by atoms with Crippen LogP contribution in [-0.4, -0.2) is 44.5 Å². The number of halogens is 1. The fourth-order valence-corrected chi connectivity index (χ4v) is 6.15. The molecule has 9 nitrogen and oxygen atoms in total. The lowest BCUT2D eigenvalue weighted by molar-refractivity contribution is 0.102. The van der Waals surface area contributed by atoms with Crippen LogP contribution in [-0.2, 0) is 10.0 Å². The Hall–Kier alpha value is -3.67. The first-order valence-electron chi connectivity index (χ1n) is 12.9. The molecule has 4 N–H and O–H groups in total. The van der Waals surface area contributed by atoms with Crippen LogP contribution < -0.4 is 20.1 Å². The average Bonchev–Trinajstić information content (AvgIpc) is 3.47. The predicted octanol–water partition coefficient (Wildman–Crippen LogP) is 5.81. The number of sulfonamides is 1. The number of nitrogens with one attached hydrogen (secondary N) is 2. The van der Waals surface area contributed by atoms with Crippen molar-refractivity contribution in [3.8, 4) is 17.1 Å². The number of rotatable bonds is 13. The van der Waals surface area contributed by atoms with E-state index in [4.69, 9.17) is 10.5 Å². The zero-order valence-corrected chi connectivity index (χ0v) is 24.5. The summed E-state index contributed by atoms with van der Waals surface area (Å²) in [5.41, 5.74) is 7.53. The van der Waals surface area contributed by atoms with Gasteiger partial charge in [0.05, 0.1) is 19.0 Å². The van der Waals surface area contributed by atoms with Crippen LogP contribution in [0.15, 0.2) is 88.4 Å². The Bertz CT molecular complexity index is 1530. The molecule has 0 saturated carbocycles. The SMILES string of the molecule is COc1ccc(NC(=O)c2cnc(-c3ccccc3)[nH]2)cc1S(=O)(=O)N(CCCCCCN)c1ccc(Br)cc1. The molecule has 1 heterocycles. The molecule has 0 bridgehead atoms. The first-order chi connectivity index (χ1) is 19.3. The van der Waals surface area contributed by atoms with Gasteiger partial charge in [-0.3, -0.25) is 9.10 Å².